The van der Waals surface area contributed by atoms with E-state index in [2.05, 4.69) is 9.72 Å². The molecule has 5 heteroatoms. The maximum absolute atomic E-state index is 10.9. The van der Waals surface area contributed by atoms with Gasteiger partial charge in [-0.3, -0.25) is 14.7 Å². The summed E-state index contributed by atoms with van der Waals surface area (Å²) in [7, 11) is 3.28. The van der Waals surface area contributed by atoms with Gasteiger partial charge >= 0.3 is 5.97 Å². The van der Waals surface area contributed by atoms with Gasteiger partial charge in [0.2, 0.25) is 0 Å². The minimum Gasteiger partial charge on any atom is -0.469 e. The molecule has 1 unspecified atom stereocenters. The number of carbonyl (C=O) groups excluding carboxylic acids is 1. The zero-order chi connectivity index (χ0) is 13.4. The third-order valence-corrected chi connectivity index (χ3v) is 2.61. The van der Waals surface area contributed by atoms with E-state index in [0.717, 1.165) is 12.1 Å². The van der Waals surface area contributed by atoms with Gasteiger partial charge in [-0.15, -0.1) is 0 Å². The Labute approximate surface area is 107 Å². The second kappa shape index (κ2) is 7.79. The molecule has 1 heterocycles. The predicted octanol–water partition coefficient (Wildman–Crippen LogP) is 0.827. The zero-order valence-corrected chi connectivity index (χ0v) is 10.9. The first-order chi connectivity index (χ1) is 8.61. The molecule has 1 atom stereocenters. The first-order valence-corrected chi connectivity index (χ1v) is 5.94. The fourth-order valence-electron chi connectivity index (χ4n) is 1.71. The molecule has 1 aromatic rings. The fraction of sp³-hybridized carbons (Fsp3) is 0.538. The van der Waals surface area contributed by atoms with Gasteiger partial charge in [-0.05, 0) is 25.1 Å². The van der Waals surface area contributed by atoms with Crippen LogP contribution in [0.15, 0.2) is 24.5 Å². The Bertz CT molecular complexity index is 357. The normalized spacial score (nSPS) is 12.4. The fourth-order valence-corrected chi connectivity index (χ4v) is 1.71. The topological polar surface area (TPSA) is 62.7 Å². The Hall–Kier alpha value is -1.46. The molecule has 0 aliphatic carbocycles. The molecule has 0 spiro atoms. The van der Waals surface area contributed by atoms with Gasteiger partial charge in [0.1, 0.15) is 0 Å². The zero-order valence-electron chi connectivity index (χ0n) is 10.9. The Morgan fingerprint density at radius 2 is 2.39 bits per heavy atom. The summed E-state index contributed by atoms with van der Waals surface area (Å²) in [4.78, 5) is 17.0. The molecule has 1 aromatic heterocycles. The molecular formula is C13H20N2O3. The number of nitrogens with zero attached hydrogens (tertiary/aromatic N) is 2. The Kier molecular flexibility index (Phi) is 6.32. The number of rotatable bonds is 7. The van der Waals surface area contributed by atoms with E-state index in [1.54, 1.807) is 12.4 Å². The van der Waals surface area contributed by atoms with Gasteiger partial charge in [-0.1, -0.05) is 6.07 Å². The smallest absolute Gasteiger partial charge is 0.305 e. The van der Waals surface area contributed by atoms with Crippen molar-refractivity contribution in [3.63, 3.8) is 0 Å². The molecule has 0 aliphatic rings. The van der Waals surface area contributed by atoms with Crippen LogP contribution in [-0.4, -0.2) is 47.8 Å². The maximum atomic E-state index is 10.9. The summed E-state index contributed by atoms with van der Waals surface area (Å²) in [5, 5.41) is 9.78. The van der Waals surface area contributed by atoms with Crippen molar-refractivity contribution in [3.05, 3.63) is 30.1 Å². The number of likely N-dealkylation sites (N-methyl/N-ethyl adjacent to an activating group) is 1. The Morgan fingerprint density at radius 1 is 1.61 bits per heavy atom. The van der Waals surface area contributed by atoms with Crippen molar-refractivity contribution < 1.29 is 14.6 Å². The Balaban J connectivity index is 2.27. The molecule has 0 radical (unpaired) electrons. The van der Waals surface area contributed by atoms with Crippen molar-refractivity contribution in [3.8, 4) is 0 Å². The second-order valence-corrected chi connectivity index (χ2v) is 4.33. The van der Waals surface area contributed by atoms with Gasteiger partial charge in [0.15, 0.2) is 0 Å². The molecule has 18 heavy (non-hydrogen) atoms. The third kappa shape index (κ3) is 5.75. The lowest BCUT2D eigenvalue weighted by Crippen LogP contribution is -2.29. The molecule has 1 N–H and O–H groups in total. The minimum atomic E-state index is -0.522. The van der Waals surface area contributed by atoms with E-state index in [4.69, 9.17) is 0 Å². The SMILES string of the molecule is COC(=O)CCC(O)CN(C)Cc1cccnc1. The molecule has 100 valence electrons. The van der Waals surface area contributed by atoms with E-state index in [1.165, 1.54) is 7.11 Å². The van der Waals surface area contributed by atoms with E-state index < -0.39 is 6.10 Å². The first-order valence-electron chi connectivity index (χ1n) is 5.94. The van der Waals surface area contributed by atoms with Gasteiger partial charge in [0.25, 0.3) is 0 Å². The largest absolute Gasteiger partial charge is 0.469 e. The van der Waals surface area contributed by atoms with Gasteiger partial charge in [-0.2, -0.15) is 0 Å². The van der Waals surface area contributed by atoms with Crippen molar-refractivity contribution in [1.82, 2.24) is 9.88 Å². The van der Waals surface area contributed by atoms with Crippen molar-refractivity contribution in [2.75, 3.05) is 20.7 Å². The molecule has 0 saturated heterocycles. The monoisotopic (exact) mass is 252 g/mol. The lowest BCUT2D eigenvalue weighted by atomic mass is 10.2. The number of aliphatic hydroxyl groups excluding tert-OH is 1. The van der Waals surface area contributed by atoms with Crippen molar-refractivity contribution >= 4 is 5.97 Å². The highest BCUT2D eigenvalue weighted by atomic mass is 16.5. The van der Waals surface area contributed by atoms with Crippen molar-refractivity contribution in [2.45, 2.75) is 25.5 Å². The quantitative estimate of drug-likeness (QED) is 0.728. The highest BCUT2D eigenvalue weighted by molar-refractivity contribution is 5.69. The van der Waals surface area contributed by atoms with E-state index in [1.807, 2.05) is 24.1 Å². The van der Waals surface area contributed by atoms with Crippen LogP contribution < -0.4 is 0 Å². The molecule has 0 bridgehead atoms. The van der Waals surface area contributed by atoms with Crippen LogP contribution in [0, 0.1) is 0 Å². The van der Waals surface area contributed by atoms with Crippen molar-refractivity contribution in [1.29, 1.82) is 0 Å². The van der Waals surface area contributed by atoms with E-state index >= 15 is 0 Å². The molecule has 0 aromatic carbocycles. The summed E-state index contributed by atoms with van der Waals surface area (Å²) in [6.45, 7) is 1.25. The first kappa shape index (κ1) is 14.6. The van der Waals surface area contributed by atoms with Crippen LogP contribution in [0.3, 0.4) is 0 Å². The van der Waals surface area contributed by atoms with Crippen molar-refractivity contribution in [2.24, 2.45) is 0 Å². The summed E-state index contributed by atoms with van der Waals surface area (Å²) in [6, 6.07) is 3.88. The lowest BCUT2D eigenvalue weighted by molar-refractivity contribution is -0.141. The van der Waals surface area contributed by atoms with Gasteiger partial charge in [0.05, 0.1) is 13.2 Å². The third-order valence-electron chi connectivity index (χ3n) is 2.61. The maximum Gasteiger partial charge on any atom is 0.305 e. The number of hydrogen-bond acceptors (Lipinski definition) is 5. The molecule has 1 rings (SSSR count). The number of ether oxygens (including phenoxy) is 1. The van der Waals surface area contributed by atoms with E-state index in [9.17, 15) is 9.90 Å². The number of methoxy groups -OCH3 is 1. The van der Waals surface area contributed by atoms with E-state index in [-0.39, 0.29) is 12.4 Å². The summed E-state index contributed by atoms with van der Waals surface area (Å²) in [5.74, 6) is -0.288. The summed E-state index contributed by atoms with van der Waals surface area (Å²) >= 11 is 0. The molecule has 0 saturated carbocycles. The Morgan fingerprint density at radius 3 is 3.00 bits per heavy atom. The number of aromatic nitrogens is 1. The van der Waals surface area contributed by atoms with Crippen LogP contribution in [0.2, 0.25) is 0 Å². The number of carbonyl (C=O) groups is 1. The molecule has 5 nitrogen and oxygen atoms in total. The average Bonchev–Trinajstić information content (AvgIpc) is 2.37. The molecular weight excluding hydrogens is 232 g/mol. The van der Waals surface area contributed by atoms with Gasteiger partial charge < -0.3 is 9.84 Å². The van der Waals surface area contributed by atoms with Crippen LogP contribution >= 0.6 is 0 Å². The number of hydrogen-bond donors (Lipinski definition) is 1. The second-order valence-electron chi connectivity index (χ2n) is 4.33. The van der Waals surface area contributed by atoms with Crippen LogP contribution in [0.5, 0.6) is 0 Å². The molecule has 0 amide bonds. The lowest BCUT2D eigenvalue weighted by Gasteiger charge is -2.20. The van der Waals surface area contributed by atoms with E-state index in [0.29, 0.717) is 13.0 Å². The highest BCUT2D eigenvalue weighted by Crippen LogP contribution is 2.04. The van der Waals surface area contributed by atoms with Crippen LogP contribution in [0.25, 0.3) is 0 Å². The van der Waals surface area contributed by atoms with Gasteiger partial charge in [-0.25, -0.2) is 0 Å². The molecule has 0 aliphatic heterocycles. The summed E-state index contributed by atoms with van der Waals surface area (Å²) in [6.07, 6.45) is 3.68. The summed E-state index contributed by atoms with van der Waals surface area (Å²) < 4.78 is 4.53. The predicted molar refractivity (Wildman–Crippen MR) is 67.8 cm³/mol. The summed E-state index contributed by atoms with van der Waals surface area (Å²) in [5.41, 5.74) is 1.10. The van der Waals surface area contributed by atoms with Crippen LogP contribution in [-0.2, 0) is 16.1 Å². The average molecular weight is 252 g/mol. The van der Waals surface area contributed by atoms with Crippen LogP contribution in [0.1, 0.15) is 18.4 Å². The van der Waals surface area contributed by atoms with Gasteiger partial charge in [0, 0.05) is 31.9 Å². The highest BCUT2D eigenvalue weighted by Gasteiger charge is 2.11. The molecule has 0 fully saturated rings. The minimum absolute atomic E-state index is 0.248. The standard InChI is InChI=1S/C13H20N2O3/c1-15(9-11-4-3-7-14-8-11)10-12(16)5-6-13(17)18-2/h3-4,7-8,12,16H,5-6,9-10H2,1-2H3. The number of pyridine rings is 1. The number of aliphatic hydroxyl groups is 1. The van der Waals surface area contributed by atoms with Crippen LogP contribution in [0.4, 0.5) is 0 Å². The number of esters is 1.